The highest BCUT2D eigenvalue weighted by atomic mass is 16.5. The van der Waals surface area contributed by atoms with Crippen LogP contribution in [0, 0.1) is 13.8 Å². The summed E-state index contributed by atoms with van der Waals surface area (Å²) in [6, 6.07) is 6.59. The van der Waals surface area contributed by atoms with E-state index < -0.39 is 0 Å². The monoisotopic (exact) mass is 236 g/mol. The molecule has 1 aromatic carbocycles. The second kappa shape index (κ2) is 6.62. The molecule has 0 aromatic heterocycles. The van der Waals surface area contributed by atoms with Gasteiger partial charge in [0.05, 0.1) is 6.61 Å². The molecule has 0 saturated heterocycles. The van der Waals surface area contributed by atoms with Gasteiger partial charge in [-0.1, -0.05) is 6.07 Å². The molecule has 0 saturated carbocycles. The van der Waals surface area contributed by atoms with E-state index in [1.54, 1.807) is 0 Å². The quantitative estimate of drug-likeness (QED) is 0.820. The van der Waals surface area contributed by atoms with Gasteiger partial charge < -0.3 is 15.4 Å². The van der Waals surface area contributed by atoms with Gasteiger partial charge in [-0.25, -0.2) is 0 Å². The minimum Gasteiger partial charge on any atom is -0.494 e. The van der Waals surface area contributed by atoms with E-state index in [1.807, 2.05) is 20.2 Å². The van der Waals surface area contributed by atoms with Crippen molar-refractivity contribution in [3.05, 3.63) is 29.3 Å². The lowest BCUT2D eigenvalue weighted by atomic mass is 10.1. The van der Waals surface area contributed by atoms with Gasteiger partial charge in [0.15, 0.2) is 0 Å². The van der Waals surface area contributed by atoms with Crippen LogP contribution in [0.5, 0.6) is 5.75 Å². The Balaban J connectivity index is 2.42. The van der Waals surface area contributed by atoms with E-state index in [2.05, 4.69) is 30.9 Å². The first-order chi connectivity index (χ1) is 8.04. The second-order valence-corrected chi connectivity index (χ2v) is 4.74. The Hall–Kier alpha value is -1.06. The minimum absolute atomic E-state index is 0.390. The summed E-state index contributed by atoms with van der Waals surface area (Å²) >= 11 is 0. The highest BCUT2D eigenvalue weighted by molar-refractivity contribution is 5.33. The maximum Gasteiger partial charge on any atom is 0.119 e. The molecule has 3 nitrogen and oxygen atoms in total. The minimum atomic E-state index is 0.390. The summed E-state index contributed by atoms with van der Waals surface area (Å²) in [6.07, 6.45) is 0.955. The van der Waals surface area contributed by atoms with Crippen LogP contribution in [-0.2, 0) is 0 Å². The average Bonchev–Trinajstić information content (AvgIpc) is 2.28. The van der Waals surface area contributed by atoms with E-state index in [9.17, 15) is 0 Å². The molecule has 1 unspecified atom stereocenters. The van der Waals surface area contributed by atoms with E-state index in [1.165, 1.54) is 11.1 Å². The van der Waals surface area contributed by atoms with E-state index >= 15 is 0 Å². The van der Waals surface area contributed by atoms with Crippen molar-refractivity contribution in [1.82, 2.24) is 4.90 Å². The van der Waals surface area contributed by atoms with Gasteiger partial charge >= 0.3 is 0 Å². The summed E-state index contributed by atoms with van der Waals surface area (Å²) in [7, 11) is 4.10. The lowest BCUT2D eigenvalue weighted by Gasteiger charge is -2.22. The van der Waals surface area contributed by atoms with E-state index in [4.69, 9.17) is 10.5 Å². The van der Waals surface area contributed by atoms with Gasteiger partial charge in [0, 0.05) is 12.6 Å². The number of hydrogen-bond donors (Lipinski definition) is 1. The van der Waals surface area contributed by atoms with Crippen molar-refractivity contribution >= 4 is 0 Å². The van der Waals surface area contributed by atoms with Crippen LogP contribution in [-0.4, -0.2) is 38.2 Å². The van der Waals surface area contributed by atoms with Crippen LogP contribution < -0.4 is 10.5 Å². The van der Waals surface area contributed by atoms with Crippen LogP contribution in [0.3, 0.4) is 0 Å². The molecule has 96 valence electrons. The molecular formula is C14H24N2O. The van der Waals surface area contributed by atoms with Crippen molar-refractivity contribution in [2.45, 2.75) is 26.3 Å². The predicted octanol–water partition coefficient (Wildman–Crippen LogP) is 1.96. The molecule has 0 amide bonds. The second-order valence-electron chi connectivity index (χ2n) is 4.74. The van der Waals surface area contributed by atoms with Gasteiger partial charge in [-0.2, -0.15) is 0 Å². The van der Waals surface area contributed by atoms with Crippen molar-refractivity contribution in [3.8, 4) is 5.75 Å². The molecule has 0 bridgehead atoms. The SMILES string of the molecule is Cc1ccc(OCCC(CN)N(C)C)cc1C. The lowest BCUT2D eigenvalue weighted by molar-refractivity contribution is 0.225. The van der Waals surface area contributed by atoms with Gasteiger partial charge in [-0.15, -0.1) is 0 Å². The third kappa shape index (κ3) is 4.36. The van der Waals surface area contributed by atoms with Crippen LogP contribution in [0.1, 0.15) is 17.5 Å². The third-order valence-electron chi connectivity index (χ3n) is 3.20. The van der Waals surface area contributed by atoms with Crippen LogP contribution in [0.2, 0.25) is 0 Å². The molecule has 0 aliphatic carbocycles. The molecule has 2 N–H and O–H groups in total. The van der Waals surface area contributed by atoms with Crippen LogP contribution in [0.4, 0.5) is 0 Å². The number of nitrogens with two attached hydrogens (primary N) is 1. The number of benzene rings is 1. The zero-order valence-corrected chi connectivity index (χ0v) is 11.4. The summed E-state index contributed by atoms with van der Waals surface area (Å²) < 4.78 is 5.74. The fraction of sp³-hybridized carbons (Fsp3) is 0.571. The maximum absolute atomic E-state index is 5.74. The molecule has 1 aromatic rings. The highest BCUT2D eigenvalue weighted by Crippen LogP contribution is 2.16. The summed E-state index contributed by atoms with van der Waals surface area (Å²) in [6.45, 7) is 5.59. The largest absolute Gasteiger partial charge is 0.494 e. The van der Waals surface area contributed by atoms with Gasteiger partial charge in [0.2, 0.25) is 0 Å². The Morgan fingerprint density at radius 2 is 1.94 bits per heavy atom. The molecular weight excluding hydrogens is 212 g/mol. The summed E-state index contributed by atoms with van der Waals surface area (Å²) in [4.78, 5) is 2.14. The summed E-state index contributed by atoms with van der Waals surface area (Å²) in [5.41, 5.74) is 8.27. The summed E-state index contributed by atoms with van der Waals surface area (Å²) in [5.74, 6) is 0.947. The first kappa shape index (κ1) is 14.0. The predicted molar refractivity (Wildman–Crippen MR) is 72.6 cm³/mol. The number of nitrogens with zero attached hydrogens (tertiary/aromatic N) is 1. The number of likely N-dealkylation sites (N-methyl/N-ethyl adjacent to an activating group) is 1. The maximum atomic E-state index is 5.74. The van der Waals surface area contributed by atoms with E-state index in [-0.39, 0.29) is 0 Å². The Bertz CT molecular complexity index is 350. The normalized spacial score (nSPS) is 12.8. The molecule has 0 aliphatic rings. The zero-order valence-electron chi connectivity index (χ0n) is 11.4. The molecule has 0 heterocycles. The van der Waals surface area contributed by atoms with Crippen molar-refractivity contribution in [3.63, 3.8) is 0 Å². The molecule has 17 heavy (non-hydrogen) atoms. The van der Waals surface area contributed by atoms with Gasteiger partial charge in [0.25, 0.3) is 0 Å². The van der Waals surface area contributed by atoms with Crippen molar-refractivity contribution in [2.75, 3.05) is 27.2 Å². The first-order valence-corrected chi connectivity index (χ1v) is 6.11. The van der Waals surface area contributed by atoms with Crippen LogP contribution >= 0.6 is 0 Å². The lowest BCUT2D eigenvalue weighted by Crippen LogP contribution is -2.36. The molecule has 0 radical (unpaired) electrons. The first-order valence-electron chi connectivity index (χ1n) is 6.11. The number of rotatable bonds is 6. The molecule has 1 atom stereocenters. The Labute approximate surface area is 105 Å². The van der Waals surface area contributed by atoms with Crippen LogP contribution in [0.15, 0.2) is 18.2 Å². The number of hydrogen-bond acceptors (Lipinski definition) is 3. The molecule has 0 aliphatic heterocycles. The zero-order chi connectivity index (χ0) is 12.8. The number of ether oxygens (including phenoxy) is 1. The van der Waals surface area contributed by atoms with Crippen molar-refractivity contribution in [2.24, 2.45) is 5.73 Å². The molecule has 3 heteroatoms. The van der Waals surface area contributed by atoms with Gasteiger partial charge in [-0.05, 0) is 57.6 Å². The van der Waals surface area contributed by atoms with E-state index in [0.29, 0.717) is 19.2 Å². The average molecular weight is 236 g/mol. The Morgan fingerprint density at radius 3 is 2.47 bits per heavy atom. The number of aryl methyl sites for hydroxylation is 2. The molecule has 0 fully saturated rings. The molecule has 0 spiro atoms. The van der Waals surface area contributed by atoms with Gasteiger partial charge in [-0.3, -0.25) is 0 Å². The van der Waals surface area contributed by atoms with Crippen molar-refractivity contribution < 1.29 is 4.74 Å². The smallest absolute Gasteiger partial charge is 0.119 e. The topological polar surface area (TPSA) is 38.5 Å². The fourth-order valence-electron chi connectivity index (χ4n) is 1.70. The van der Waals surface area contributed by atoms with Crippen LogP contribution in [0.25, 0.3) is 0 Å². The third-order valence-corrected chi connectivity index (χ3v) is 3.20. The standard InChI is InChI=1S/C14H24N2O/c1-11-5-6-14(9-12(11)2)17-8-7-13(10-15)16(3)4/h5-6,9,13H,7-8,10,15H2,1-4H3. The van der Waals surface area contributed by atoms with Gasteiger partial charge in [0.1, 0.15) is 5.75 Å². The van der Waals surface area contributed by atoms with E-state index in [0.717, 1.165) is 12.2 Å². The summed E-state index contributed by atoms with van der Waals surface area (Å²) in [5, 5.41) is 0. The van der Waals surface area contributed by atoms with Crippen molar-refractivity contribution in [1.29, 1.82) is 0 Å². The fourth-order valence-corrected chi connectivity index (χ4v) is 1.70. The highest BCUT2D eigenvalue weighted by Gasteiger charge is 2.08. The Kier molecular flexibility index (Phi) is 5.45. The Morgan fingerprint density at radius 1 is 1.24 bits per heavy atom. The molecule has 1 rings (SSSR count).